The molecular weight excluding hydrogens is 177 g/mol. The summed E-state index contributed by atoms with van der Waals surface area (Å²) < 4.78 is 0. The van der Waals surface area contributed by atoms with E-state index in [9.17, 15) is 0 Å². The van der Waals surface area contributed by atoms with Crippen LogP contribution in [0.25, 0.3) is 0 Å². The summed E-state index contributed by atoms with van der Waals surface area (Å²) in [5.74, 6) is 2.41. The van der Waals surface area contributed by atoms with Gasteiger partial charge in [0.1, 0.15) is 0 Å². The van der Waals surface area contributed by atoms with Crippen molar-refractivity contribution < 1.29 is 0 Å². The van der Waals surface area contributed by atoms with Crippen LogP contribution in [0.2, 0.25) is 0 Å². The van der Waals surface area contributed by atoms with Crippen LogP contribution in [0, 0.1) is 0 Å². The molecule has 0 atom stereocenters. The maximum atomic E-state index is 3.41. The van der Waals surface area contributed by atoms with E-state index in [2.05, 4.69) is 55.7 Å². The number of fused-ring (bicyclic) bond motifs is 1. The number of anilines is 1. The molecule has 1 aliphatic heterocycles. The van der Waals surface area contributed by atoms with Gasteiger partial charge in [0.25, 0.3) is 0 Å². The third kappa shape index (κ3) is 1.49. The van der Waals surface area contributed by atoms with E-state index in [0.29, 0.717) is 0 Å². The Kier molecular flexibility index (Phi) is 1.92. The molecule has 1 aromatic rings. The number of para-hydroxylation sites is 1. The molecule has 1 nitrogen and oxygen atoms in total. The minimum atomic E-state index is -1.30. The molecular formula is C11H16NP. The quantitative estimate of drug-likeness (QED) is 0.624. The van der Waals surface area contributed by atoms with Crippen molar-refractivity contribution in [3.8, 4) is 0 Å². The van der Waals surface area contributed by atoms with Gasteiger partial charge in [0.15, 0.2) is 0 Å². The first-order chi connectivity index (χ1) is 6.09. The van der Waals surface area contributed by atoms with Gasteiger partial charge in [0, 0.05) is 0 Å². The number of benzene rings is 1. The Morgan fingerprint density at radius 1 is 1.15 bits per heavy atom. The van der Waals surface area contributed by atoms with E-state index in [1.807, 2.05) is 0 Å². The summed E-state index contributed by atoms with van der Waals surface area (Å²) in [5, 5.41) is 4.93. The van der Waals surface area contributed by atoms with Gasteiger partial charge in [-0.05, 0) is 0 Å². The second-order valence-electron chi connectivity index (χ2n) is 4.22. The Labute approximate surface area is 80.2 Å². The van der Waals surface area contributed by atoms with Crippen molar-refractivity contribution >= 4 is 18.3 Å². The predicted molar refractivity (Wildman–Crippen MR) is 63.6 cm³/mol. The van der Waals surface area contributed by atoms with Crippen LogP contribution in [0.1, 0.15) is 6.92 Å². The minimum absolute atomic E-state index is 1.30. The number of hydrogen-bond acceptors (Lipinski definition) is 1. The second-order valence-corrected chi connectivity index (χ2v) is 8.49. The van der Waals surface area contributed by atoms with Gasteiger partial charge in [-0.25, -0.2) is 0 Å². The molecule has 13 heavy (non-hydrogen) atoms. The molecule has 0 amide bonds. The van der Waals surface area contributed by atoms with Gasteiger partial charge in [-0.1, -0.05) is 0 Å². The van der Waals surface area contributed by atoms with Crippen molar-refractivity contribution in [3.05, 3.63) is 35.8 Å². The van der Waals surface area contributed by atoms with Crippen molar-refractivity contribution in [2.75, 3.05) is 18.6 Å². The average Bonchev–Trinajstić information content (AvgIpc) is 2.02. The molecule has 0 unspecified atom stereocenters. The van der Waals surface area contributed by atoms with Crippen molar-refractivity contribution in [1.29, 1.82) is 0 Å². The molecule has 0 aromatic heterocycles. The molecule has 1 N–H and O–H groups in total. The Hall–Kier alpha value is -0.810. The third-order valence-electron chi connectivity index (χ3n) is 2.53. The van der Waals surface area contributed by atoms with Crippen molar-refractivity contribution in [3.63, 3.8) is 0 Å². The fraction of sp³-hybridized carbons (Fsp3) is 0.273. The van der Waals surface area contributed by atoms with Gasteiger partial charge in [-0.15, -0.1) is 0 Å². The van der Waals surface area contributed by atoms with E-state index in [1.54, 1.807) is 0 Å². The summed E-state index contributed by atoms with van der Waals surface area (Å²) in [6, 6.07) is 8.64. The fourth-order valence-corrected chi connectivity index (χ4v) is 4.70. The van der Waals surface area contributed by atoms with E-state index < -0.39 is 7.26 Å². The number of hydrogen-bond donors (Lipinski definition) is 1. The summed E-state index contributed by atoms with van der Waals surface area (Å²) in [6.45, 7) is 6.91. The van der Waals surface area contributed by atoms with Crippen LogP contribution in [0.5, 0.6) is 0 Å². The van der Waals surface area contributed by atoms with E-state index in [4.69, 9.17) is 0 Å². The van der Waals surface area contributed by atoms with Crippen LogP contribution in [0.15, 0.2) is 35.8 Å². The second kappa shape index (κ2) is 2.85. The summed E-state index contributed by atoms with van der Waals surface area (Å²) in [6.07, 6.45) is 0. The van der Waals surface area contributed by atoms with Crippen LogP contribution < -0.4 is 10.6 Å². The van der Waals surface area contributed by atoms with Crippen molar-refractivity contribution in [2.24, 2.45) is 0 Å². The zero-order valence-corrected chi connectivity index (χ0v) is 9.39. The van der Waals surface area contributed by atoms with E-state index >= 15 is 0 Å². The topological polar surface area (TPSA) is 12.0 Å². The van der Waals surface area contributed by atoms with Crippen molar-refractivity contribution in [2.45, 2.75) is 6.92 Å². The summed E-state index contributed by atoms with van der Waals surface area (Å²) in [5.41, 5.74) is 2.61. The van der Waals surface area contributed by atoms with E-state index in [-0.39, 0.29) is 0 Å². The fourth-order valence-electron chi connectivity index (χ4n) is 2.02. The maximum absolute atomic E-state index is 3.41. The van der Waals surface area contributed by atoms with Gasteiger partial charge < -0.3 is 0 Å². The van der Waals surface area contributed by atoms with Crippen LogP contribution >= 0.6 is 7.26 Å². The van der Waals surface area contributed by atoms with Gasteiger partial charge >= 0.3 is 79.6 Å². The molecule has 0 spiro atoms. The Balaban J connectivity index is 2.58. The number of rotatable bonds is 0. The van der Waals surface area contributed by atoms with Gasteiger partial charge in [0.2, 0.25) is 0 Å². The SMILES string of the molecule is CC1=C[PH](C)(C)c2ccccc2N1. The molecule has 2 heteroatoms. The van der Waals surface area contributed by atoms with Gasteiger partial charge in [-0.2, -0.15) is 0 Å². The molecule has 0 fully saturated rings. The molecule has 1 aromatic carbocycles. The zero-order chi connectivity index (χ0) is 9.47. The number of nitrogens with one attached hydrogen (secondary N) is 1. The molecule has 2 rings (SSSR count). The molecule has 1 heterocycles. The first-order valence-electron chi connectivity index (χ1n) is 4.65. The van der Waals surface area contributed by atoms with Crippen LogP contribution in [-0.2, 0) is 0 Å². The van der Waals surface area contributed by atoms with Crippen LogP contribution in [-0.4, -0.2) is 13.3 Å². The Morgan fingerprint density at radius 3 is 2.62 bits per heavy atom. The van der Waals surface area contributed by atoms with Crippen LogP contribution in [0.3, 0.4) is 0 Å². The molecule has 0 radical (unpaired) electrons. The summed E-state index contributed by atoms with van der Waals surface area (Å²) in [4.78, 5) is 0. The molecule has 0 bridgehead atoms. The first-order valence-corrected chi connectivity index (χ1v) is 7.73. The Morgan fingerprint density at radius 2 is 1.85 bits per heavy atom. The normalized spacial score (nSPS) is 21.0. The van der Waals surface area contributed by atoms with Crippen molar-refractivity contribution in [1.82, 2.24) is 0 Å². The van der Waals surface area contributed by atoms with E-state index in [0.717, 1.165) is 0 Å². The monoisotopic (exact) mass is 193 g/mol. The number of allylic oxidation sites excluding steroid dienone is 1. The van der Waals surface area contributed by atoms with Gasteiger partial charge in [-0.3, -0.25) is 0 Å². The molecule has 0 saturated carbocycles. The summed E-state index contributed by atoms with van der Waals surface area (Å²) >= 11 is 0. The molecule has 70 valence electrons. The van der Waals surface area contributed by atoms with E-state index in [1.165, 1.54) is 16.7 Å². The molecule has 0 saturated heterocycles. The standard InChI is InChI=1S/C11H16NP/c1-9-8-13(2,3)11-7-5-4-6-10(11)12-9/h4-8,12-13H,1-3H3. The Bertz CT molecular complexity index is 366. The summed E-state index contributed by atoms with van der Waals surface area (Å²) in [7, 11) is -1.30. The predicted octanol–water partition coefficient (Wildman–Crippen LogP) is 2.61. The zero-order valence-electron chi connectivity index (χ0n) is 8.39. The first kappa shape index (κ1) is 8.77. The molecule has 0 aliphatic carbocycles. The van der Waals surface area contributed by atoms with Crippen LogP contribution in [0.4, 0.5) is 5.69 Å². The third-order valence-corrected chi connectivity index (χ3v) is 5.51. The molecule has 1 aliphatic rings. The van der Waals surface area contributed by atoms with Gasteiger partial charge in [0.05, 0.1) is 0 Å². The average molecular weight is 193 g/mol.